The van der Waals surface area contributed by atoms with E-state index >= 15 is 0 Å². The molecule has 0 aromatic carbocycles. The van der Waals surface area contributed by atoms with Gasteiger partial charge in [0, 0.05) is 18.4 Å². The molecule has 1 unspecified atom stereocenters. The van der Waals surface area contributed by atoms with Crippen molar-refractivity contribution >= 4 is 12.1 Å². The lowest BCUT2D eigenvalue weighted by molar-refractivity contribution is -0.308. The smallest absolute Gasteiger partial charge is 0.187 e. The molecule has 1 saturated carbocycles. The third-order valence-corrected chi connectivity index (χ3v) is 12.6. The molecule has 16 nitrogen and oxygen atoms in total. The molecule has 2 heterocycles. The van der Waals surface area contributed by atoms with Crippen LogP contribution in [0.2, 0.25) is 0 Å². The molecule has 0 aromatic rings. The Morgan fingerprint density at radius 1 is 0.879 bits per heavy atom. The zero-order valence-electron chi connectivity index (χ0n) is 35.1. The topological polar surface area (TPSA) is 273 Å². The van der Waals surface area contributed by atoms with E-state index in [1.54, 1.807) is 13.8 Å². The van der Waals surface area contributed by atoms with Crippen LogP contribution in [0.4, 0.5) is 0 Å². The molecule has 0 aromatic heterocycles. The van der Waals surface area contributed by atoms with Crippen LogP contribution in [-0.4, -0.2) is 162 Å². The quantitative estimate of drug-likeness (QED) is 0.0349. The van der Waals surface area contributed by atoms with Gasteiger partial charge in [-0.25, -0.2) is 0 Å². The number of allylic oxidation sites excluding steroid dienone is 4. The maximum absolute atomic E-state index is 12.3. The summed E-state index contributed by atoms with van der Waals surface area (Å²) in [7, 11) is 0. The number of aldehydes is 1. The summed E-state index contributed by atoms with van der Waals surface area (Å²) in [5, 5.41) is 104. The van der Waals surface area contributed by atoms with Gasteiger partial charge in [-0.1, -0.05) is 30.2 Å². The Hall–Kier alpha value is -2.00. The highest BCUT2D eigenvalue weighted by Crippen LogP contribution is 2.55. The molecular formula is C42H70O16. The van der Waals surface area contributed by atoms with Crippen molar-refractivity contribution in [3.8, 4) is 0 Å². The van der Waals surface area contributed by atoms with Crippen molar-refractivity contribution < 1.29 is 79.6 Å². The van der Waals surface area contributed by atoms with E-state index in [1.807, 2.05) is 32.9 Å². The molecule has 0 spiro atoms. The van der Waals surface area contributed by atoms with E-state index in [1.165, 1.54) is 13.8 Å². The second-order valence-corrected chi connectivity index (χ2v) is 17.4. The maximum Gasteiger partial charge on any atom is 0.187 e. The summed E-state index contributed by atoms with van der Waals surface area (Å²) in [5.41, 5.74) is -0.313. The predicted octanol–water partition coefficient (Wildman–Crippen LogP) is 0.634. The first-order valence-electron chi connectivity index (χ1n) is 20.4. The van der Waals surface area contributed by atoms with Gasteiger partial charge in [-0.05, 0) is 110 Å². The molecule has 10 N–H and O–H groups in total. The second-order valence-electron chi connectivity index (χ2n) is 17.4. The van der Waals surface area contributed by atoms with Crippen LogP contribution in [0, 0.1) is 11.3 Å². The van der Waals surface area contributed by atoms with Crippen molar-refractivity contribution in [2.45, 2.75) is 185 Å². The van der Waals surface area contributed by atoms with Crippen LogP contribution in [0.3, 0.4) is 0 Å². The highest BCUT2D eigenvalue weighted by Gasteiger charge is 2.52. The molecule has 2 saturated heterocycles. The molecule has 3 aliphatic rings. The van der Waals surface area contributed by atoms with Crippen LogP contribution < -0.4 is 0 Å². The van der Waals surface area contributed by atoms with Crippen LogP contribution in [-0.2, 0) is 28.5 Å². The number of rotatable bonds is 20. The van der Waals surface area contributed by atoms with Gasteiger partial charge in [0.1, 0.15) is 60.7 Å². The first kappa shape index (κ1) is 50.4. The van der Waals surface area contributed by atoms with Crippen molar-refractivity contribution in [3.63, 3.8) is 0 Å². The number of carbonyl (C=O) groups excluding carboxylic acids is 2. The minimum Gasteiger partial charge on any atom is -0.394 e. The first-order chi connectivity index (χ1) is 27.0. The van der Waals surface area contributed by atoms with E-state index in [-0.39, 0.29) is 31.1 Å². The molecule has 0 amide bonds. The first-order valence-corrected chi connectivity index (χ1v) is 20.4. The third kappa shape index (κ3) is 12.3. The molecule has 2 aliphatic heterocycles. The highest BCUT2D eigenvalue weighted by molar-refractivity contribution is 5.86. The number of Topliss-reactive ketones (excluding diaryl/α,β-unsaturated/α-hetero) is 1. The average Bonchev–Trinajstić information content (AvgIpc) is 3.17. The van der Waals surface area contributed by atoms with E-state index in [2.05, 4.69) is 0 Å². The number of carbonyl (C=O) groups is 2. The van der Waals surface area contributed by atoms with Gasteiger partial charge in [0.25, 0.3) is 0 Å². The minimum atomic E-state index is -1.64. The van der Waals surface area contributed by atoms with Crippen molar-refractivity contribution in [3.05, 3.63) is 34.4 Å². The summed E-state index contributed by atoms with van der Waals surface area (Å²) in [6.45, 7) is 10.9. The summed E-state index contributed by atoms with van der Waals surface area (Å²) < 4.78 is 23.1. The van der Waals surface area contributed by atoms with Crippen molar-refractivity contribution in [2.24, 2.45) is 11.3 Å². The molecule has 334 valence electrons. The fourth-order valence-electron chi connectivity index (χ4n) is 8.22. The monoisotopic (exact) mass is 830 g/mol. The Labute approximate surface area is 341 Å². The van der Waals surface area contributed by atoms with Gasteiger partial charge in [-0.15, -0.1) is 0 Å². The molecule has 3 fully saturated rings. The molecule has 58 heavy (non-hydrogen) atoms. The average molecular weight is 831 g/mol. The Morgan fingerprint density at radius 3 is 2.00 bits per heavy atom. The van der Waals surface area contributed by atoms with Crippen molar-refractivity contribution in [1.82, 2.24) is 0 Å². The van der Waals surface area contributed by atoms with E-state index in [0.717, 1.165) is 23.0 Å². The minimum absolute atomic E-state index is 0.0691. The van der Waals surface area contributed by atoms with Gasteiger partial charge in [-0.3, -0.25) is 9.59 Å². The third-order valence-electron chi connectivity index (χ3n) is 12.6. The van der Waals surface area contributed by atoms with Gasteiger partial charge < -0.3 is 70.0 Å². The standard InChI is InChI=1S/C42H70O16/c1-23(13-15-31(46)40(4,5)53)12-14-28(56-39-37(52)35(50)33(48)30(22-45)58-39)24(2)10-8-17-41(6)27(26(25(3)20-43)16-18-42(41,7)54)11-9-19-55-38-36(51)34(49)32(47)29(21-44)57-38/h10,12,20,27-30,32-39,44-45,47-54H,8-9,11,13-19,21-22H2,1-7H3/b23-12+,24-10+,26-25-/t27-,28?,29-,30-,32-,33-,34+,35+,36-,37-,38-,39-,41+,42+/m1/s1. The van der Waals surface area contributed by atoms with Crippen molar-refractivity contribution in [1.29, 1.82) is 0 Å². The normalized spacial score (nSPS) is 38.1. The zero-order valence-corrected chi connectivity index (χ0v) is 35.1. The van der Waals surface area contributed by atoms with Crippen LogP contribution in [0.25, 0.3) is 0 Å². The Bertz CT molecular complexity index is 1430. The lowest BCUT2D eigenvalue weighted by Crippen LogP contribution is -2.59. The fraction of sp³-hybridized carbons (Fsp3) is 0.810. The summed E-state index contributed by atoms with van der Waals surface area (Å²) in [6.07, 6.45) is -7.07. The number of ketones is 1. The number of hydrogen-bond acceptors (Lipinski definition) is 16. The number of aliphatic hydroxyl groups excluding tert-OH is 8. The largest absolute Gasteiger partial charge is 0.394 e. The summed E-state index contributed by atoms with van der Waals surface area (Å²) in [4.78, 5) is 24.4. The summed E-state index contributed by atoms with van der Waals surface area (Å²) in [5.74, 6) is -0.578. The van der Waals surface area contributed by atoms with Crippen LogP contribution >= 0.6 is 0 Å². The van der Waals surface area contributed by atoms with Crippen LogP contribution in [0.1, 0.15) is 106 Å². The van der Waals surface area contributed by atoms with Crippen LogP contribution in [0.15, 0.2) is 34.4 Å². The van der Waals surface area contributed by atoms with Gasteiger partial charge in [0.2, 0.25) is 0 Å². The predicted molar refractivity (Wildman–Crippen MR) is 210 cm³/mol. The maximum atomic E-state index is 12.3. The summed E-state index contributed by atoms with van der Waals surface area (Å²) in [6, 6.07) is 0. The van der Waals surface area contributed by atoms with E-state index in [4.69, 9.17) is 18.9 Å². The number of aliphatic hydroxyl groups is 10. The van der Waals surface area contributed by atoms with Crippen molar-refractivity contribution in [2.75, 3.05) is 19.8 Å². The molecule has 3 rings (SSSR count). The molecule has 1 aliphatic carbocycles. The Kier molecular flexibility index (Phi) is 18.8. The molecule has 0 bridgehead atoms. The molecule has 0 radical (unpaired) electrons. The van der Waals surface area contributed by atoms with Gasteiger partial charge in [0.05, 0.1) is 24.9 Å². The second kappa shape index (κ2) is 21.7. The highest BCUT2D eigenvalue weighted by atomic mass is 16.7. The zero-order chi connectivity index (χ0) is 43.7. The van der Waals surface area contributed by atoms with Crippen LogP contribution in [0.5, 0.6) is 0 Å². The Morgan fingerprint density at radius 2 is 1.45 bits per heavy atom. The van der Waals surface area contributed by atoms with Gasteiger partial charge >= 0.3 is 0 Å². The molecule has 16 heteroatoms. The lowest BCUT2D eigenvalue weighted by atomic mass is 9.54. The SMILES string of the molecule is C/C(C=O)=C1\CC[C@](C)(O)[C@@](C)(CC/C=C(\C)C(C/C=C(\C)CCC(=O)C(C)(C)O)O[C@@H]2O[C@H](CO)[C@@H](O)[C@H](O)[C@H]2O)[C@@H]1CCCO[C@@H]1O[C@H](CO)[C@@H](O)[C@H](O)[C@H]1O. The van der Waals surface area contributed by atoms with E-state index in [0.29, 0.717) is 50.5 Å². The lowest BCUT2D eigenvalue weighted by Gasteiger charge is -2.53. The Balaban J connectivity index is 1.84. The van der Waals surface area contributed by atoms with E-state index < -0.39 is 97.3 Å². The molecular weight excluding hydrogens is 760 g/mol. The summed E-state index contributed by atoms with van der Waals surface area (Å²) >= 11 is 0. The fourth-order valence-corrected chi connectivity index (χ4v) is 8.22. The number of hydrogen-bond donors (Lipinski definition) is 10. The molecule has 14 atom stereocenters. The van der Waals surface area contributed by atoms with Gasteiger partial charge in [-0.2, -0.15) is 0 Å². The number of ether oxygens (including phenoxy) is 4. The van der Waals surface area contributed by atoms with E-state index in [9.17, 15) is 60.7 Å². The van der Waals surface area contributed by atoms with Gasteiger partial charge in [0.15, 0.2) is 18.4 Å².